The van der Waals surface area contributed by atoms with Crippen molar-refractivity contribution in [3.8, 4) is 0 Å². The van der Waals surface area contributed by atoms with Gasteiger partial charge in [-0.05, 0) is 61.0 Å². The molecule has 0 bridgehead atoms. The summed E-state index contributed by atoms with van der Waals surface area (Å²) in [6.07, 6.45) is 2.45. The van der Waals surface area contributed by atoms with Crippen molar-refractivity contribution in [2.75, 3.05) is 6.61 Å². The van der Waals surface area contributed by atoms with Crippen LogP contribution >= 0.6 is 0 Å². The summed E-state index contributed by atoms with van der Waals surface area (Å²) in [7, 11) is 0. The Morgan fingerprint density at radius 1 is 1.02 bits per heavy atom. The maximum absolute atomic E-state index is 13.8. The number of rotatable bonds is 10. The third kappa shape index (κ3) is 5.76. The molecule has 3 fully saturated rings. The first-order valence-corrected chi connectivity index (χ1v) is 15.6. The van der Waals surface area contributed by atoms with Gasteiger partial charge in [-0.2, -0.15) is 0 Å². The topological polar surface area (TPSA) is 184 Å². The average molecular weight is 624 g/mol. The van der Waals surface area contributed by atoms with Crippen LogP contribution < -0.4 is 5.32 Å². The van der Waals surface area contributed by atoms with Gasteiger partial charge in [-0.25, -0.2) is 4.79 Å². The van der Waals surface area contributed by atoms with Crippen molar-refractivity contribution < 1.29 is 48.8 Å². The molecule has 3 saturated carbocycles. The molecule has 0 aromatic heterocycles. The van der Waals surface area contributed by atoms with Gasteiger partial charge in [0.15, 0.2) is 18.4 Å². The SMILES string of the molecule is C[C@]12CCC(=O)C=C1CC[C@H]1[C@H]2C(=O)C[C@]2(C)[C@@H]1CC[C@]2(O)C(=O)COC(=O)CCC(=O)N[C@H](C(=O)O)[C@H](O)c1ccccc1. The molecular weight excluding hydrogens is 582 g/mol. The largest absolute Gasteiger partial charge is 0.480 e. The fourth-order valence-corrected chi connectivity index (χ4v) is 8.76. The van der Waals surface area contributed by atoms with Crippen LogP contribution in [0.4, 0.5) is 0 Å². The number of benzene rings is 1. The molecule has 4 N–H and O–H groups in total. The zero-order chi connectivity index (χ0) is 32.7. The number of carboxylic acids is 1. The van der Waals surface area contributed by atoms with Gasteiger partial charge in [-0.1, -0.05) is 49.8 Å². The molecule has 4 aliphatic carbocycles. The molecule has 0 saturated heterocycles. The minimum atomic E-state index is -1.86. The number of carbonyl (C=O) groups is 6. The van der Waals surface area contributed by atoms with Gasteiger partial charge in [0.1, 0.15) is 17.5 Å². The highest BCUT2D eigenvalue weighted by Gasteiger charge is 2.68. The van der Waals surface area contributed by atoms with Gasteiger partial charge in [0, 0.05) is 30.6 Å². The van der Waals surface area contributed by atoms with E-state index in [9.17, 15) is 44.1 Å². The molecule has 11 heteroatoms. The lowest BCUT2D eigenvalue weighted by Gasteiger charge is -2.57. The molecule has 8 atom stereocenters. The fourth-order valence-electron chi connectivity index (χ4n) is 8.76. The number of aliphatic carboxylic acids is 1. The maximum Gasteiger partial charge on any atom is 0.329 e. The molecule has 0 heterocycles. The minimum Gasteiger partial charge on any atom is -0.480 e. The molecule has 45 heavy (non-hydrogen) atoms. The molecule has 0 unspecified atom stereocenters. The second kappa shape index (κ2) is 12.2. The van der Waals surface area contributed by atoms with Gasteiger partial charge >= 0.3 is 11.9 Å². The first kappa shape index (κ1) is 32.7. The molecule has 0 radical (unpaired) electrons. The predicted octanol–water partition coefficient (Wildman–Crippen LogP) is 2.62. The van der Waals surface area contributed by atoms with Crippen molar-refractivity contribution >= 4 is 35.2 Å². The van der Waals surface area contributed by atoms with Crippen LogP contribution in [0.25, 0.3) is 0 Å². The smallest absolute Gasteiger partial charge is 0.329 e. The summed E-state index contributed by atoms with van der Waals surface area (Å²) >= 11 is 0. The van der Waals surface area contributed by atoms with E-state index in [1.165, 1.54) is 12.1 Å². The van der Waals surface area contributed by atoms with Crippen LogP contribution in [-0.2, 0) is 33.5 Å². The van der Waals surface area contributed by atoms with Gasteiger partial charge in [-0.15, -0.1) is 0 Å². The van der Waals surface area contributed by atoms with Gasteiger partial charge < -0.3 is 25.4 Å². The van der Waals surface area contributed by atoms with Crippen LogP contribution in [0, 0.1) is 28.6 Å². The molecule has 5 rings (SSSR count). The zero-order valence-corrected chi connectivity index (χ0v) is 25.6. The van der Waals surface area contributed by atoms with Crippen LogP contribution in [0.2, 0.25) is 0 Å². The van der Waals surface area contributed by atoms with E-state index in [-0.39, 0.29) is 42.2 Å². The summed E-state index contributed by atoms with van der Waals surface area (Å²) in [5.74, 6) is -4.12. The molecular formula is C34H41NO10. The number of carboxylic acid groups (broad SMARTS) is 1. The summed E-state index contributed by atoms with van der Waals surface area (Å²) in [5.41, 5.74) is -1.96. The fraction of sp³-hybridized carbons (Fsp3) is 0.588. The van der Waals surface area contributed by atoms with Crippen molar-refractivity contribution in [3.05, 3.63) is 47.5 Å². The van der Waals surface area contributed by atoms with E-state index in [1.807, 2.05) is 0 Å². The highest BCUT2D eigenvalue weighted by Crippen LogP contribution is 2.66. The normalized spacial score (nSPS) is 33.5. The lowest BCUT2D eigenvalue weighted by atomic mass is 9.46. The third-order valence-electron chi connectivity index (χ3n) is 11.2. The molecule has 0 spiro atoms. The summed E-state index contributed by atoms with van der Waals surface area (Å²) in [4.78, 5) is 75.9. The summed E-state index contributed by atoms with van der Waals surface area (Å²) in [6.45, 7) is 3.13. The van der Waals surface area contributed by atoms with Gasteiger partial charge in [0.2, 0.25) is 11.7 Å². The Kier molecular flexibility index (Phi) is 8.89. The van der Waals surface area contributed by atoms with Crippen LogP contribution in [-0.4, -0.2) is 68.8 Å². The molecule has 1 aromatic rings. The number of aliphatic hydroxyl groups excluding tert-OH is 1. The number of amides is 1. The Morgan fingerprint density at radius 2 is 1.73 bits per heavy atom. The van der Waals surface area contributed by atoms with E-state index in [0.717, 1.165) is 5.57 Å². The van der Waals surface area contributed by atoms with Crippen molar-refractivity contribution in [3.63, 3.8) is 0 Å². The molecule has 11 nitrogen and oxygen atoms in total. The first-order chi connectivity index (χ1) is 21.2. The van der Waals surface area contributed by atoms with E-state index in [2.05, 4.69) is 12.2 Å². The Hall–Kier alpha value is -3.70. The van der Waals surface area contributed by atoms with E-state index in [1.54, 1.807) is 31.2 Å². The Morgan fingerprint density at radius 3 is 2.42 bits per heavy atom. The lowest BCUT2D eigenvalue weighted by molar-refractivity contribution is -0.173. The minimum absolute atomic E-state index is 0.00520. The summed E-state index contributed by atoms with van der Waals surface area (Å²) in [6, 6.07) is 6.33. The quantitative estimate of drug-likeness (QED) is 0.283. The molecule has 242 valence electrons. The summed E-state index contributed by atoms with van der Waals surface area (Å²) in [5, 5.41) is 33.9. The van der Waals surface area contributed by atoms with E-state index >= 15 is 0 Å². The average Bonchev–Trinajstić information content (AvgIpc) is 3.28. The van der Waals surface area contributed by atoms with Crippen molar-refractivity contribution in [1.82, 2.24) is 5.32 Å². The van der Waals surface area contributed by atoms with Crippen molar-refractivity contribution in [1.29, 1.82) is 0 Å². The number of allylic oxidation sites excluding steroid dienone is 1. The van der Waals surface area contributed by atoms with E-state index in [4.69, 9.17) is 4.74 Å². The monoisotopic (exact) mass is 623 g/mol. The Balaban J connectivity index is 1.17. The number of nitrogens with one attached hydrogen (secondary N) is 1. The zero-order valence-electron chi connectivity index (χ0n) is 25.6. The first-order valence-electron chi connectivity index (χ1n) is 15.6. The Bertz CT molecular complexity index is 1440. The van der Waals surface area contributed by atoms with Gasteiger partial charge in [0.25, 0.3) is 0 Å². The summed E-state index contributed by atoms with van der Waals surface area (Å²) < 4.78 is 5.14. The Labute approximate surface area is 261 Å². The highest BCUT2D eigenvalue weighted by molar-refractivity contribution is 5.95. The second-order valence-corrected chi connectivity index (χ2v) is 13.6. The predicted molar refractivity (Wildman–Crippen MR) is 158 cm³/mol. The number of fused-ring (bicyclic) bond motifs is 5. The van der Waals surface area contributed by atoms with Crippen LogP contribution in [0.15, 0.2) is 42.0 Å². The molecule has 1 amide bonds. The number of hydrogen-bond acceptors (Lipinski definition) is 9. The van der Waals surface area contributed by atoms with E-state index in [0.29, 0.717) is 37.7 Å². The van der Waals surface area contributed by atoms with Crippen LogP contribution in [0.3, 0.4) is 0 Å². The standard InChI is InChI=1S/C34H41NO10/c1-32-14-12-21(36)16-20(32)8-9-22-23-13-15-34(44,33(23,2)17-24(37)28(22)32)25(38)18-45-27(40)11-10-26(39)35-29(31(42)43)30(41)19-6-4-3-5-7-19/h3-7,16,22-23,28-30,41,44H,8-15,17-18H2,1-2H3,(H,35,39)(H,42,43)/t22-,23-,28+,29+,30-,32+,33-,34+/m1/s1. The number of Topliss-reactive ketones (excluding diaryl/α,β-unsaturated/α-hetero) is 2. The third-order valence-corrected chi connectivity index (χ3v) is 11.2. The van der Waals surface area contributed by atoms with Gasteiger partial charge in [-0.3, -0.25) is 24.0 Å². The number of aliphatic hydroxyl groups is 2. The maximum atomic E-state index is 13.8. The van der Waals surface area contributed by atoms with E-state index < -0.39 is 71.7 Å². The van der Waals surface area contributed by atoms with Crippen molar-refractivity contribution in [2.45, 2.75) is 89.4 Å². The number of esters is 1. The van der Waals surface area contributed by atoms with Crippen LogP contribution in [0.1, 0.15) is 83.3 Å². The van der Waals surface area contributed by atoms with Crippen molar-refractivity contribution in [2.24, 2.45) is 28.6 Å². The lowest BCUT2D eigenvalue weighted by Crippen LogP contribution is -2.61. The number of carbonyl (C=O) groups excluding carboxylic acids is 5. The number of ether oxygens (including phenoxy) is 1. The highest BCUT2D eigenvalue weighted by atomic mass is 16.5. The molecule has 4 aliphatic rings. The van der Waals surface area contributed by atoms with Crippen LogP contribution in [0.5, 0.6) is 0 Å². The number of hydrogen-bond donors (Lipinski definition) is 4. The molecule has 1 aromatic carbocycles. The second-order valence-electron chi connectivity index (χ2n) is 13.6. The molecule has 0 aliphatic heterocycles. The number of ketones is 3. The van der Waals surface area contributed by atoms with Gasteiger partial charge in [0.05, 0.1) is 6.42 Å².